The second kappa shape index (κ2) is 12.0. The van der Waals surface area contributed by atoms with Crippen LogP contribution in [0.15, 0.2) is 114 Å². The highest BCUT2D eigenvalue weighted by atomic mass is 35.5. The zero-order valence-corrected chi connectivity index (χ0v) is 25.1. The van der Waals surface area contributed by atoms with E-state index in [0.29, 0.717) is 49.4 Å². The molecule has 0 atom stereocenters. The molecule has 44 heavy (non-hydrogen) atoms. The van der Waals surface area contributed by atoms with Gasteiger partial charge in [-0.2, -0.15) is 21.0 Å². The Labute approximate surface area is 265 Å². The van der Waals surface area contributed by atoms with Gasteiger partial charge in [0, 0.05) is 21.2 Å². The highest BCUT2D eigenvalue weighted by Gasteiger charge is 2.71. The van der Waals surface area contributed by atoms with Crippen LogP contribution >= 0.6 is 23.2 Å². The van der Waals surface area contributed by atoms with Crippen LogP contribution in [-0.2, 0) is 5.41 Å². The van der Waals surface area contributed by atoms with Gasteiger partial charge in [0.15, 0.2) is 5.41 Å². The lowest BCUT2D eigenvalue weighted by Gasteiger charge is -2.57. The Bertz CT molecular complexity index is 1840. The smallest absolute Gasteiger partial charge is 0.187 e. The van der Waals surface area contributed by atoms with E-state index in [0.717, 1.165) is 0 Å². The normalized spacial score (nSPS) is 14.1. The van der Waals surface area contributed by atoms with E-state index in [1.807, 2.05) is 0 Å². The average molecular weight is 614 g/mol. The maximum Gasteiger partial charge on any atom is 0.187 e. The molecule has 8 heteroatoms. The molecule has 0 aliphatic heterocycles. The maximum absolute atomic E-state index is 11.2. The Kier molecular flexibility index (Phi) is 8.18. The number of ether oxygens (including phenoxy) is 2. The number of allylic oxidation sites excluding steroid dienone is 3. The second-order valence-electron chi connectivity index (χ2n) is 9.92. The van der Waals surface area contributed by atoms with Crippen LogP contribution in [0, 0.1) is 50.7 Å². The number of hydrogen-bond donors (Lipinski definition) is 0. The molecule has 0 bridgehead atoms. The van der Waals surface area contributed by atoms with Crippen LogP contribution in [0.4, 0.5) is 0 Å². The molecule has 0 N–H and O–H groups in total. The summed E-state index contributed by atoms with van der Waals surface area (Å²) < 4.78 is 10.8. The molecule has 5 rings (SSSR count). The number of rotatable bonds is 6. The summed E-state index contributed by atoms with van der Waals surface area (Å²) in [6, 6.07) is 36.6. The minimum Gasteiger partial charge on any atom is -0.497 e. The summed E-state index contributed by atoms with van der Waals surface area (Å²) in [5, 5.41) is 44.1. The third-order valence-electron chi connectivity index (χ3n) is 7.93. The van der Waals surface area contributed by atoms with Gasteiger partial charge in [-0.05, 0) is 76.4 Å². The lowest BCUT2D eigenvalue weighted by atomic mass is 9.38. The Morgan fingerprint density at radius 3 is 1.27 bits per heavy atom. The molecule has 1 fully saturated rings. The van der Waals surface area contributed by atoms with Crippen LogP contribution in [0.2, 0.25) is 10.0 Å². The van der Waals surface area contributed by atoms with Crippen LogP contribution in [-0.4, -0.2) is 14.2 Å². The summed E-state index contributed by atoms with van der Waals surface area (Å²) in [5.41, 5.74) is -0.392. The molecule has 0 unspecified atom stereocenters. The third-order valence-corrected chi connectivity index (χ3v) is 8.44. The van der Waals surface area contributed by atoms with E-state index in [1.165, 1.54) is 14.2 Å². The second-order valence-corrected chi connectivity index (χ2v) is 10.8. The molecular weight excluding hydrogens is 591 g/mol. The first-order chi connectivity index (χ1) is 21.3. The first-order valence-corrected chi connectivity index (χ1v) is 14.0. The van der Waals surface area contributed by atoms with Crippen molar-refractivity contribution < 1.29 is 9.47 Å². The largest absolute Gasteiger partial charge is 0.497 e. The molecule has 212 valence electrons. The van der Waals surface area contributed by atoms with E-state index in [9.17, 15) is 21.0 Å². The highest BCUT2D eigenvalue weighted by molar-refractivity contribution is 6.31. The van der Waals surface area contributed by atoms with Gasteiger partial charge in [-0.15, -0.1) is 0 Å². The lowest BCUT2D eigenvalue weighted by Crippen LogP contribution is -2.59. The van der Waals surface area contributed by atoms with Crippen molar-refractivity contribution in [1.29, 1.82) is 21.0 Å². The summed E-state index contributed by atoms with van der Waals surface area (Å²) in [6.07, 6.45) is 0. The van der Waals surface area contributed by atoms with Gasteiger partial charge in [-0.3, -0.25) is 0 Å². The monoisotopic (exact) mass is 612 g/mol. The number of benzene rings is 4. The summed E-state index contributed by atoms with van der Waals surface area (Å²) in [4.78, 5) is 0. The molecule has 1 aliphatic carbocycles. The van der Waals surface area contributed by atoms with Crippen molar-refractivity contribution in [2.75, 3.05) is 14.2 Å². The molecule has 0 amide bonds. The topological polar surface area (TPSA) is 114 Å². The van der Waals surface area contributed by atoms with Gasteiger partial charge in [0.25, 0.3) is 0 Å². The van der Waals surface area contributed by atoms with Crippen LogP contribution in [0.1, 0.15) is 22.3 Å². The Morgan fingerprint density at radius 1 is 0.568 bits per heavy atom. The Balaban J connectivity index is 2.04. The van der Waals surface area contributed by atoms with Crippen LogP contribution < -0.4 is 9.47 Å². The standard InChI is InChI=1S/C36H22Cl2N4O2/c1-43-30-15-7-26(8-16-30)36(27-9-17-31(44-2)18-10-27)33(25(19-39)20-40)34(35(36,21-41)22-42)32(23-3-11-28(37)12-4-23)24-5-13-29(38)14-6-24/h3-18H,1-2H3. The van der Waals surface area contributed by atoms with Crippen molar-refractivity contribution in [3.8, 4) is 35.8 Å². The summed E-state index contributed by atoms with van der Waals surface area (Å²) in [6.45, 7) is 0. The van der Waals surface area contributed by atoms with Gasteiger partial charge < -0.3 is 9.47 Å². The summed E-state index contributed by atoms with van der Waals surface area (Å²) in [5.74, 6) is 1.12. The predicted molar refractivity (Wildman–Crippen MR) is 168 cm³/mol. The van der Waals surface area contributed by atoms with Crippen molar-refractivity contribution in [2.24, 2.45) is 5.41 Å². The van der Waals surface area contributed by atoms with Crippen LogP contribution in [0.25, 0.3) is 5.57 Å². The average Bonchev–Trinajstić information content (AvgIpc) is 3.06. The zero-order valence-electron chi connectivity index (χ0n) is 23.6. The number of nitriles is 4. The van der Waals surface area contributed by atoms with Gasteiger partial charge in [0.05, 0.1) is 31.8 Å². The number of hydrogen-bond acceptors (Lipinski definition) is 6. The van der Waals surface area contributed by atoms with Gasteiger partial charge >= 0.3 is 0 Å². The molecule has 4 aromatic rings. The molecule has 4 aromatic carbocycles. The van der Waals surface area contributed by atoms with E-state index < -0.39 is 10.8 Å². The molecule has 0 aromatic heterocycles. The fraction of sp³-hybridized carbons (Fsp3) is 0.111. The van der Waals surface area contributed by atoms with E-state index >= 15 is 0 Å². The Hall–Kier alpha value is -5.50. The van der Waals surface area contributed by atoms with E-state index in [1.54, 1.807) is 97.1 Å². The fourth-order valence-electron chi connectivity index (χ4n) is 6.01. The quantitative estimate of drug-likeness (QED) is 0.203. The molecule has 6 nitrogen and oxygen atoms in total. The van der Waals surface area contributed by atoms with Gasteiger partial charge in [-0.1, -0.05) is 71.7 Å². The third kappa shape index (κ3) is 4.46. The minimum absolute atomic E-state index is 0.229. The van der Waals surface area contributed by atoms with Gasteiger partial charge in [0.2, 0.25) is 0 Å². The zero-order chi connectivity index (χ0) is 31.5. The lowest BCUT2D eigenvalue weighted by molar-refractivity contribution is 0.333. The summed E-state index contributed by atoms with van der Waals surface area (Å²) in [7, 11) is 3.07. The first kappa shape index (κ1) is 30.0. The van der Waals surface area contributed by atoms with Crippen molar-refractivity contribution in [2.45, 2.75) is 5.41 Å². The number of nitrogens with zero attached hydrogens (tertiary/aromatic N) is 4. The van der Waals surface area contributed by atoms with Gasteiger partial charge in [0.1, 0.15) is 29.2 Å². The molecule has 0 heterocycles. The molecule has 1 aliphatic rings. The van der Waals surface area contributed by atoms with Crippen molar-refractivity contribution in [1.82, 2.24) is 0 Å². The van der Waals surface area contributed by atoms with E-state index in [-0.39, 0.29) is 16.7 Å². The predicted octanol–water partition coefficient (Wildman–Crippen LogP) is 8.19. The van der Waals surface area contributed by atoms with Crippen molar-refractivity contribution in [3.05, 3.63) is 146 Å². The minimum atomic E-state index is -1.92. The molecule has 0 saturated heterocycles. The maximum atomic E-state index is 11.2. The van der Waals surface area contributed by atoms with Crippen LogP contribution in [0.3, 0.4) is 0 Å². The van der Waals surface area contributed by atoms with Gasteiger partial charge in [-0.25, -0.2) is 0 Å². The van der Waals surface area contributed by atoms with E-state index in [2.05, 4.69) is 24.3 Å². The number of halogens is 2. The first-order valence-electron chi connectivity index (χ1n) is 13.3. The fourth-order valence-corrected chi connectivity index (χ4v) is 6.26. The molecular formula is C36H22Cl2N4O2. The van der Waals surface area contributed by atoms with E-state index in [4.69, 9.17) is 32.7 Å². The SMILES string of the molecule is COc1ccc(C2(c3ccc(OC)cc3)C(=C(C#N)C#N)C(=C(c3ccc(Cl)cc3)c3ccc(Cl)cc3)C2(C#N)C#N)cc1. The van der Waals surface area contributed by atoms with Crippen molar-refractivity contribution in [3.63, 3.8) is 0 Å². The molecule has 1 saturated carbocycles. The molecule has 0 spiro atoms. The highest BCUT2D eigenvalue weighted by Crippen LogP contribution is 2.70. The molecule has 0 radical (unpaired) electrons. The van der Waals surface area contributed by atoms with Crippen LogP contribution in [0.5, 0.6) is 11.5 Å². The Morgan fingerprint density at radius 2 is 0.955 bits per heavy atom. The van der Waals surface area contributed by atoms with Crippen molar-refractivity contribution >= 4 is 28.8 Å². The number of methoxy groups -OCH3 is 2. The summed E-state index contributed by atoms with van der Waals surface area (Å²) >= 11 is 12.5.